The van der Waals surface area contributed by atoms with Crippen molar-refractivity contribution in [2.24, 2.45) is 0 Å². The Hall–Kier alpha value is -1.88. The smallest absolute Gasteiger partial charge is 0.332 e. The topological polar surface area (TPSA) is 72.8 Å². The maximum atomic E-state index is 12.2. The maximum absolute atomic E-state index is 12.2. The molecule has 1 N–H and O–H groups in total. The van der Waals surface area contributed by atoms with E-state index in [0.29, 0.717) is 13.0 Å². The molecule has 0 aliphatic rings. The first-order chi connectivity index (χ1) is 15.6. The van der Waals surface area contributed by atoms with Gasteiger partial charge in [-0.3, -0.25) is 4.79 Å². The summed E-state index contributed by atoms with van der Waals surface area (Å²) < 4.78 is 11.2. The zero-order valence-electron chi connectivity index (χ0n) is 20.1. The van der Waals surface area contributed by atoms with Gasteiger partial charge in [0.05, 0.1) is 6.61 Å². The lowest BCUT2D eigenvalue weighted by Gasteiger charge is -2.18. The van der Waals surface area contributed by atoms with Crippen LogP contribution in [-0.4, -0.2) is 29.8 Å². The highest BCUT2D eigenvalue weighted by Crippen LogP contribution is 2.17. The molecule has 0 saturated heterocycles. The normalized spacial score (nSPS) is 11.9. The van der Waals surface area contributed by atoms with Gasteiger partial charge in [0.15, 0.2) is 0 Å². The summed E-state index contributed by atoms with van der Waals surface area (Å²) >= 11 is 0. The van der Waals surface area contributed by atoms with Gasteiger partial charge in [0.25, 0.3) is 0 Å². The molecule has 0 radical (unpaired) electrons. The number of hydrogen-bond donors (Lipinski definition) is 1. The number of carboxylic acids is 1. The van der Waals surface area contributed by atoms with E-state index < -0.39 is 5.97 Å². The highest BCUT2D eigenvalue weighted by Gasteiger charge is 2.15. The van der Waals surface area contributed by atoms with Crippen LogP contribution in [0.1, 0.15) is 109 Å². The first kappa shape index (κ1) is 28.2. The van der Waals surface area contributed by atoms with Crippen molar-refractivity contribution in [1.82, 2.24) is 0 Å². The molecule has 0 fully saturated rings. The molecule has 1 aromatic rings. The fourth-order valence-electron chi connectivity index (χ4n) is 3.82. The number of carbonyl (C=O) groups excluding carboxylic acids is 1. The number of carbonyl (C=O) groups is 2. The van der Waals surface area contributed by atoms with Gasteiger partial charge in [-0.05, 0) is 37.7 Å². The Labute approximate surface area is 194 Å². The van der Waals surface area contributed by atoms with Gasteiger partial charge in [-0.1, -0.05) is 95.0 Å². The van der Waals surface area contributed by atoms with Crippen molar-refractivity contribution >= 4 is 11.9 Å². The molecule has 5 nitrogen and oxygen atoms in total. The molecule has 0 spiro atoms. The van der Waals surface area contributed by atoms with E-state index in [1.165, 1.54) is 51.4 Å². The highest BCUT2D eigenvalue weighted by atomic mass is 16.6. The number of rotatable bonds is 21. The van der Waals surface area contributed by atoms with Gasteiger partial charge >= 0.3 is 11.9 Å². The van der Waals surface area contributed by atoms with Crippen molar-refractivity contribution in [2.75, 3.05) is 6.61 Å². The third kappa shape index (κ3) is 16.8. The van der Waals surface area contributed by atoms with Gasteiger partial charge in [0, 0.05) is 6.42 Å². The van der Waals surface area contributed by atoms with Crippen LogP contribution in [0.4, 0.5) is 0 Å². The third-order valence-corrected chi connectivity index (χ3v) is 5.68. The van der Waals surface area contributed by atoms with E-state index in [4.69, 9.17) is 14.6 Å². The number of benzene rings is 1. The molecular formula is C27H44O5. The van der Waals surface area contributed by atoms with Gasteiger partial charge in [-0.2, -0.15) is 0 Å². The van der Waals surface area contributed by atoms with E-state index >= 15 is 0 Å². The second-order valence-corrected chi connectivity index (χ2v) is 8.70. The molecule has 0 amide bonds. The predicted molar refractivity (Wildman–Crippen MR) is 129 cm³/mol. The van der Waals surface area contributed by atoms with Crippen LogP contribution in [0.5, 0.6) is 0 Å². The van der Waals surface area contributed by atoms with Crippen LogP contribution in [0.3, 0.4) is 0 Å². The van der Waals surface area contributed by atoms with Gasteiger partial charge in [0.2, 0.25) is 0 Å². The zero-order valence-corrected chi connectivity index (χ0v) is 20.1. The van der Waals surface area contributed by atoms with Crippen LogP contribution >= 0.6 is 0 Å². The van der Waals surface area contributed by atoms with E-state index in [0.717, 1.165) is 37.7 Å². The van der Waals surface area contributed by atoms with Crippen LogP contribution < -0.4 is 0 Å². The molecule has 182 valence electrons. The first-order valence-corrected chi connectivity index (χ1v) is 12.6. The van der Waals surface area contributed by atoms with Crippen molar-refractivity contribution in [2.45, 2.75) is 116 Å². The van der Waals surface area contributed by atoms with Crippen molar-refractivity contribution in [3.8, 4) is 0 Å². The largest absolute Gasteiger partial charge is 0.481 e. The molecule has 0 bridgehead atoms. The minimum atomic E-state index is -0.775. The Bertz CT molecular complexity index is 587. The van der Waals surface area contributed by atoms with Crippen molar-refractivity contribution in [1.29, 1.82) is 0 Å². The van der Waals surface area contributed by atoms with Gasteiger partial charge in [-0.25, -0.2) is 4.79 Å². The van der Waals surface area contributed by atoms with Gasteiger partial charge in [0.1, 0.15) is 12.7 Å². The van der Waals surface area contributed by atoms with Gasteiger partial charge < -0.3 is 14.6 Å². The quantitative estimate of drug-likeness (QED) is 0.161. The van der Waals surface area contributed by atoms with Crippen LogP contribution in [0, 0.1) is 0 Å². The average molecular weight is 449 g/mol. The number of ether oxygens (including phenoxy) is 2. The van der Waals surface area contributed by atoms with Gasteiger partial charge in [-0.15, -0.1) is 0 Å². The summed E-state index contributed by atoms with van der Waals surface area (Å²) in [7, 11) is 0. The molecular weight excluding hydrogens is 404 g/mol. The van der Waals surface area contributed by atoms with E-state index in [9.17, 15) is 9.59 Å². The lowest BCUT2D eigenvalue weighted by Crippen LogP contribution is -2.22. The standard InChI is InChI=1S/C27H44O5/c1-2-3-4-5-6-7-8-9-10-14-19-25(20-15-16-21-26(28)29)32-27(30)23-31-22-24-17-12-11-13-18-24/h11-13,17-18,25H,2-10,14-16,19-23H2,1H3,(H,28,29). The Balaban J connectivity index is 2.22. The Morgan fingerprint density at radius 2 is 1.38 bits per heavy atom. The minimum absolute atomic E-state index is 0.0570. The van der Waals surface area contributed by atoms with Crippen LogP contribution in [0.25, 0.3) is 0 Å². The Morgan fingerprint density at radius 1 is 0.812 bits per heavy atom. The summed E-state index contributed by atoms with van der Waals surface area (Å²) in [5.41, 5.74) is 1.02. The van der Waals surface area contributed by atoms with Crippen molar-refractivity contribution < 1.29 is 24.2 Å². The van der Waals surface area contributed by atoms with E-state index in [1.54, 1.807) is 0 Å². The number of carboxylic acid groups (broad SMARTS) is 1. The fraction of sp³-hybridized carbons (Fsp3) is 0.704. The molecule has 0 aliphatic carbocycles. The molecule has 1 rings (SSSR count). The molecule has 0 heterocycles. The molecule has 0 aliphatic heterocycles. The summed E-state index contributed by atoms with van der Waals surface area (Å²) in [5.74, 6) is -1.11. The zero-order chi connectivity index (χ0) is 23.3. The van der Waals surface area contributed by atoms with Crippen molar-refractivity contribution in [3.63, 3.8) is 0 Å². The maximum Gasteiger partial charge on any atom is 0.332 e. The van der Waals surface area contributed by atoms with Crippen LogP contribution in [-0.2, 0) is 25.7 Å². The lowest BCUT2D eigenvalue weighted by molar-refractivity contribution is -0.155. The third-order valence-electron chi connectivity index (χ3n) is 5.68. The summed E-state index contributed by atoms with van der Waals surface area (Å²) in [6.07, 6.45) is 15.7. The number of aliphatic carboxylic acids is 1. The Morgan fingerprint density at radius 3 is 1.97 bits per heavy atom. The van der Waals surface area contributed by atoms with E-state index in [-0.39, 0.29) is 25.1 Å². The molecule has 32 heavy (non-hydrogen) atoms. The van der Waals surface area contributed by atoms with E-state index in [1.807, 2.05) is 30.3 Å². The highest BCUT2D eigenvalue weighted by molar-refractivity contribution is 5.70. The lowest BCUT2D eigenvalue weighted by atomic mass is 10.0. The SMILES string of the molecule is CCCCCCCCCCCCC(CCCCC(=O)O)OC(=O)COCc1ccccc1. The molecule has 1 atom stereocenters. The Kier molecular flexibility index (Phi) is 17.4. The molecule has 0 aromatic heterocycles. The molecule has 0 saturated carbocycles. The second kappa shape index (κ2) is 19.8. The molecule has 1 aromatic carbocycles. The summed E-state index contributed by atoms with van der Waals surface area (Å²) in [4.78, 5) is 23.0. The summed E-state index contributed by atoms with van der Waals surface area (Å²) in [6, 6.07) is 9.75. The fourth-order valence-corrected chi connectivity index (χ4v) is 3.82. The number of unbranched alkanes of at least 4 members (excludes halogenated alkanes) is 10. The van der Waals surface area contributed by atoms with Crippen molar-refractivity contribution in [3.05, 3.63) is 35.9 Å². The predicted octanol–water partition coefficient (Wildman–Crippen LogP) is 7.07. The summed E-state index contributed by atoms with van der Waals surface area (Å²) in [5, 5.41) is 8.82. The molecule has 1 unspecified atom stereocenters. The molecule has 5 heteroatoms. The first-order valence-electron chi connectivity index (χ1n) is 12.6. The second-order valence-electron chi connectivity index (χ2n) is 8.70. The average Bonchev–Trinajstić information content (AvgIpc) is 2.78. The van der Waals surface area contributed by atoms with Crippen LogP contribution in [0.2, 0.25) is 0 Å². The van der Waals surface area contributed by atoms with Crippen LogP contribution in [0.15, 0.2) is 30.3 Å². The number of esters is 1. The minimum Gasteiger partial charge on any atom is -0.481 e. The van der Waals surface area contributed by atoms with E-state index in [2.05, 4.69) is 6.92 Å². The monoisotopic (exact) mass is 448 g/mol. The summed E-state index contributed by atoms with van der Waals surface area (Å²) in [6.45, 7) is 2.57. The number of hydrogen-bond acceptors (Lipinski definition) is 4.